The fourth-order valence-corrected chi connectivity index (χ4v) is 4.88. The molecule has 140 valence electrons. The predicted octanol–water partition coefficient (Wildman–Crippen LogP) is 2.81. The number of H-pyrrole nitrogens is 2. The van der Waals surface area contributed by atoms with Crippen LogP contribution in [0.5, 0.6) is 0 Å². The minimum atomic E-state index is -0.122. The first-order valence-electron chi connectivity index (χ1n) is 9.81. The van der Waals surface area contributed by atoms with Gasteiger partial charge < -0.3 is 20.6 Å². The Morgan fingerprint density at radius 3 is 2.93 bits per heavy atom. The van der Waals surface area contributed by atoms with Crippen molar-refractivity contribution >= 4 is 16.7 Å². The lowest BCUT2D eigenvalue weighted by molar-refractivity contribution is 0.605. The fraction of sp³-hybridized carbons (Fsp3) is 0.273. The molecule has 3 heterocycles. The first kappa shape index (κ1) is 15.9. The Hall–Kier alpha value is -3.12. The number of hydrogen-bond acceptors (Lipinski definition) is 4. The number of nitrogens with one attached hydrogen (secondary N) is 2. The molecule has 2 fully saturated rings. The van der Waals surface area contributed by atoms with E-state index in [1.165, 1.54) is 12.1 Å². The van der Waals surface area contributed by atoms with Crippen molar-refractivity contribution in [2.45, 2.75) is 12.5 Å². The van der Waals surface area contributed by atoms with Gasteiger partial charge in [0.2, 0.25) is 0 Å². The molecule has 4 N–H and O–H groups in total. The van der Waals surface area contributed by atoms with E-state index in [-0.39, 0.29) is 5.56 Å². The average molecular weight is 371 g/mol. The molecular formula is C22H21N5O. The standard InChI is InChI=1S/C22H21N5O/c23-10-19-15-8-12(15)11-27(19)13-6-7-17-18(9-13)25-21(24-17)20-14-4-2-1-3-5-16(14)26-22(20)28/h1-7,9,12,15,19H,8,10-11,23H2,(H,24,25)(H,26,28). The molecule has 3 unspecified atom stereocenters. The molecule has 1 saturated carbocycles. The van der Waals surface area contributed by atoms with Gasteiger partial charge in [-0.15, -0.1) is 0 Å². The van der Waals surface area contributed by atoms with Crippen molar-refractivity contribution < 1.29 is 0 Å². The fourth-order valence-electron chi connectivity index (χ4n) is 4.88. The number of benzene rings is 1. The molecule has 0 amide bonds. The molecule has 6 rings (SSSR count). The van der Waals surface area contributed by atoms with Crippen LogP contribution in [0.15, 0.2) is 53.3 Å². The van der Waals surface area contributed by atoms with Crippen LogP contribution in [0, 0.1) is 11.8 Å². The second-order valence-corrected chi connectivity index (χ2v) is 7.97. The van der Waals surface area contributed by atoms with Gasteiger partial charge in [-0.3, -0.25) is 4.79 Å². The molecule has 2 aromatic rings. The second-order valence-electron chi connectivity index (χ2n) is 7.97. The minimum Gasteiger partial charge on any atom is -0.367 e. The van der Waals surface area contributed by atoms with Crippen molar-refractivity contribution in [1.82, 2.24) is 15.0 Å². The monoisotopic (exact) mass is 371 g/mol. The number of imidazole rings is 1. The van der Waals surface area contributed by atoms with Gasteiger partial charge in [0.05, 0.1) is 16.6 Å². The molecule has 28 heavy (non-hydrogen) atoms. The lowest BCUT2D eigenvalue weighted by Crippen LogP contribution is -2.38. The van der Waals surface area contributed by atoms with Gasteiger partial charge in [-0.1, -0.05) is 24.3 Å². The number of hydrogen-bond donors (Lipinski definition) is 3. The van der Waals surface area contributed by atoms with Crippen LogP contribution in [0.3, 0.4) is 0 Å². The normalized spacial score (nSPS) is 23.5. The Kier molecular flexibility index (Phi) is 3.23. The van der Waals surface area contributed by atoms with Gasteiger partial charge in [0.15, 0.2) is 0 Å². The third-order valence-corrected chi connectivity index (χ3v) is 6.36. The maximum Gasteiger partial charge on any atom is 0.260 e. The molecule has 6 heteroatoms. The molecule has 0 spiro atoms. The molecule has 1 saturated heterocycles. The highest BCUT2D eigenvalue weighted by atomic mass is 16.1. The number of fused-ring (bicyclic) bond motifs is 3. The number of aromatic amines is 2. The Balaban J connectivity index is 1.44. The Morgan fingerprint density at radius 1 is 1.14 bits per heavy atom. The maximum atomic E-state index is 12.6. The first-order valence-corrected chi connectivity index (χ1v) is 9.81. The van der Waals surface area contributed by atoms with Crippen LogP contribution in [0.1, 0.15) is 6.42 Å². The topological polar surface area (TPSA) is 90.8 Å². The van der Waals surface area contributed by atoms with Crippen LogP contribution in [0.25, 0.3) is 33.7 Å². The maximum absolute atomic E-state index is 12.6. The molecule has 2 aliphatic carbocycles. The van der Waals surface area contributed by atoms with Gasteiger partial charge in [0, 0.05) is 36.1 Å². The summed E-state index contributed by atoms with van der Waals surface area (Å²) in [5.74, 6) is 2.17. The van der Waals surface area contributed by atoms with Crippen molar-refractivity contribution in [3.05, 3.63) is 58.9 Å². The highest BCUT2D eigenvalue weighted by molar-refractivity contribution is 5.87. The molecule has 0 radical (unpaired) electrons. The summed E-state index contributed by atoms with van der Waals surface area (Å²) in [6.07, 6.45) is 1.32. The van der Waals surface area contributed by atoms with Crippen molar-refractivity contribution in [3.63, 3.8) is 0 Å². The van der Waals surface area contributed by atoms with Gasteiger partial charge in [-0.05, 0) is 42.5 Å². The highest BCUT2D eigenvalue weighted by Crippen LogP contribution is 2.50. The molecular weight excluding hydrogens is 350 g/mol. The molecule has 1 aromatic carbocycles. The third kappa shape index (κ3) is 2.24. The summed E-state index contributed by atoms with van der Waals surface area (Å²) in [7, 11) is 0. The number of piperidine rings is 1. The summed E-state index contributed by atoms with van der Waals surface area (Å²) >= 11 is 0. The van der Waals surface area contributed by atoms with E-state index in [4.69, 9.17) is 10.7 Å². The van der Waals surface area contributed by atoms with E-state index in [0.717, 1.165) is 40.7 Å². The van der Waals surface area contributed by atoms with E-state index in [2.05, 4.69) is 27.0 Å². The van der Waals surface area contributed by atoms with E-state index in [1.54, 1.807) is 0 Å². The van der Waals surface area contributed by atoms with E-state index in [1.807, 2.05) is 36.4 Å². The summed E-state index contributed by atoms with van der Waals surface area (Å²) < 4.78 is 0. The van der Waals surface area contributed by atoms with Crippen molar-refractivity contribution in [2.75, 3.05) is 18.0 Å². The van der Waals surface area contributed by atoms with Crippen molar-refractivity contribution in [2.24, 2.45) is 17.6 Å². The molecule has 2 aliphatic heterocycles. The zero-order valence-electron chi connectivity index (χ0n) is 15.4. The average Bonchev–Trinajstić information content (AvgIpc) is 3.12. The quantitative estimate of drug-likeness (QED) is 0.516. The second kappa shape index (κ2) is 5.69. The molecule has 0 bridgehead atoms. The molecule has 3 atom stereocenters. The number of nitrogens with two attached hydrogens (primary N) is 1. The largest absolute Gasteiger partial charge is 0.367 e. The van der Waals surface area contributed by atoms with Crippen LogP contribution < -0.4 is 16.2 Å². The highest BCUT2D eigenvalue weighted by Gasteiger charge is 2.51. The third-order valence-electron chi connectivity index (χ3n) is 6.36. The summed E-state index contributed by atoms with van der Waals surface area (Å²) in [6, 6.07) is 16.4. The smallest absolute Gasteiger partial charge is 0.260 e. The van der Waals surface area contributed by atoms with E-state index in [0.29, 0.717) is 24.0 Å². The summed E-state index contributed by atoms with van der Waals surface area (Å²) in [5.41, 5.74) is 11.2. The Bertz CT molecular complexity index is 1230. The zero-order chi connectivity index (χ0) is 18.8. The van der Waals surface area contributed by atoms with Crippen LogP contribution in [0.2, 0.25) is 0 Å². The minimum absolute atomic E-state index is 0.122. The van der Waals surface area contributed by atoms with Gasteiger partial charge in [-0.25, -0.2) is 4.98 Å². The summed E-state index contributed by atoms with van der Waals surface area (Å²) in [5, 5.41) is 0. The summed E-state index contributed by atoms with van der Waals surface area (Å²) in [6.45, 7) is 1.78. The first-order chi connectivity index (χ1) is 13.7. The van der Waals surface area contributed by atoms with Gasteiger partial charge >= 0.3 is 0 Å². The van der Waals surface area contributed by atoms with Crippen LogP contribution >= 0.6 is 0 Å². The van der Waals surface area contributed by atoms with Crippen molar-refractivity contribution in [1.29, 1.82) is 0 Å². The number of anilines is 1. The predicted molar refractivity (Wildman–Crippen MR) is 111 cm³/mol. The SMILES string of the molecule is NCC1C2CC2CN1c1ccc2nc(-c3c4cccccc-4[nH]c3=O)[nH]c2c1. The van der Waals surface area contributed by atoms with Crippen LogP contribution in [-0.4, -0.2) is 34.1 Å². The number of nitrogens with zero attached hydrogens (tertiary/aromatic N) is 2. The van der Waals surface area contributed by atoms with Crippen molar-refractivity contribution in [3.8, 4) is 22.6 Å². The Labute approximate surface area is 161 Å². The van der Waals surface area contributed by atoms with E-state index >= 15 is 0 Å². The van der Waals surface area contributed by atoms with Crippen LogP contribution in [-0.2, 0) is 0 Å². The van der Waals surface area contributed by atoms with Crippen LogP contribution in [0.4, 0.5) is 5.69 Å². The Morgan fingerprint density at radius 2 is 2.04 bits per heavy atom. The molecule has 1 aromatic heterocycles. The lowest BCUT2D eigenvalue weighted by atomic mass is 10.1. The number of rotatable bonds is 3. The van der Waals surface area contributed by atoms with Gasteiger partial charge in [0.1, 0.15) is 5.82 Å². The number of aromatic nitrogens is 3. The zero-order valence-corrected chi connectivity index (χ0v) is 15.4. The van der Waals surface area contributed by atoms with Gasteiger partial charge in [0.25, 0.3) is 5.56 Å². The molecule has 6 nitrogen and oxygen atoms in total. The molecule has 4 aliphatic rings. The van der Waals surface area contributed by atoms with E-state index in [9.17, 15) is 4.79 Å². The van der Waals surface area contributed by atoms with E-state index < -0.39 is 0 Å². The lowest BCUT2D eigenvalue weighted by Gasteiger charge is -2.28. The summed E-state index contributed by atoms with van der Waals surface area (Å²) in [4.78, 5) is 26.0. The van der Waals surface area contributed by atoms with Gasteiger partial charge in [-0.2, -0.15) is 0 Å².